The van der Waals surface area contributed by atoms with Gasteiger partial charge in [-0.25, -0.2) is 0 Å². The van der Waals surface area contributed by atoms with Gasteiger partial charge in [-0.3, -0.25) is 14.4 Å². The molecule has 2 heterocycles. The minimum absolute atomic E-state index is 0.150. The number of pyridine rings is 1. The van der Waals surface area contributed by atoms with Gasteiger partial charge in [0.05, 0.1) is 5.56 Å². The lowest BCUT2D eigenvalue weighted by atomic mass is 10.1. The van der Waals surface area contributed by atoms with Crippen molar-refractivity contribution in [1.29, 1.82) is 0 Å². The van der Waals surface area contributed by atoms with Gasteiger partial charge < -0.3 is 20.1 Å². The van der Waals surface area contributed by atoms with Gasteiger partial charge in [0.25, 0.3) is 5.56 Å². The number of benzene rings is 2. The maximum atomic E-state index is 12.5. The Kier molecular flexibility index (Phi) is 6.30. The van der Waals surface area contributed by atoms with Gasteiger partial charge in [0, 0.05) is 36.7 Å². The number of aryl methyl sites for hydroxylation is 2. The lowest BCUT2D eigenvalue weighted by Gasteiger charge is -2.06. The second kappa shape index (κ2) is 9.47. The maximum Gasteiger partial charge on any atom is 0.259 e. The third-order valence-corrected chi connectivity index (χ3v) is 4.99. The monoisotopic (exact) mass is 445 g/mol. The number of carbonyl (C=O) groups is 2. The molecule has 0 atom stereocenters. The number of hydrogen-bond donors (Lipinski definition) is 3. The Morgan fingerprint density at radius 2 is 1.76 bits per heavy atom. The molecular weight excluding hydrogens is 422 g/mol. The minimum Gasteiger partial charge on any atom is -0.339 e. The largest absolute Gasteiger partial charge is 0.339 e. The van der Waals surface area contributed by atoms with Gasteiger partial charge in [-0.2, -0.15) is 4.98 Å². The van der Waals surface area contributed by atoms with E-state index in [0.29, 0.717) is 35.7 Å². The molecule has 9 nitrogen and oxygen atoms in total. The van der Waals surface area contributed by atoms with E-state index in [1.165, 1.54) is 6.92 Å². The van der Waals surface area contributed by atoms with Crippen molar-refractivity contribution in [1.82, 2.24) is 15.1 Å². The number of H-pyrrole nitrogens is 1. The van der Waals surface area contributed by atoms with E-state index in [0.717, 1.165) is 16.5 Å². The Bertz CT molecular complexity index is 1370. The summed E-state index contributed by atoms with van der Waals surface area (Å²) in [7, 11) is 0. The SMILES string of the molecule is CC(=O)Nc1ccc(NC(=O)CCCc2nc(-c3cc4ccc(C)cc4[nH]c3=O)no2)cc1. The molecule has 0 unspecified atom stereocenters. The number of amides is 2. The molecule has 2 aromatic heterocycles. The van der Waals surface area contributed by atoms with Crippen molar-refractivity contribution in [2.24, 2.45) is 0 Å². The van der Waals surface area contributed by atoms with E-state index >= 15 is 0 Å². The molecule has 0 bridgehead atoms. The van der Waals surface area contributed by atoms with Crippen LogP contribution in [0.4, 0.5) is 11.4 Å². The number of hydrogen-bond acceptors (Lipinski definition) is 6. The molecule has 0 radical (unpaired) electrons. The van der Waals surface area contributed by atoms with Crippen LogP contribution in [0.3, 0.4) is 0 Å². The molecule has 0 saturated carbocycles. The lowest BCUT2D eigenvalue weighted by molar-refractivity contribution is -0.116. The minimum atomic E-state index is -0.288. The Hall–Kier alpha value is -4.27. The fourth-order valence-electron chi connectivity index (χ4n) is 3.41. The van der Waals surface area contributed by atoms with Crippen LogP contribution in [0.25, 0.3) is 22.3 Å². The molecule has 33 heavy (non-hydrogen) atoms. The Morgan fingerprint density at radius 3 is 2.48 bits per heavy atom. The van der Waals surface area contributed by atoms with Crippen LogP contribution in [-0.4, -0.2) is 26.9 Å². The molecule has 0 aliphatic heterocycles. The van der Waals surface area contributed by atoms with Gasteiger partial charge >= 0.3 is 0 Å². The normalized spacial score (nSPS) is 10.8. The van der Waals surface area contributed by atoms with Crippen molar-refractivity contribution >= 4 is 34.1 Å². The summed E-state index contributed by atoms with van der Waals surface area (Å²) in [5, 5.41) is 10.3. The first kappa shape index (κ1) is 21.9. The standard InChI is InChI=1S/C24H23N5O4/c1-14-6-7-16-13-19(24(32)27-20(16)12-14)23-28-22(33-29-23)5-3-4-21(31)26-18-10-8-17(9-11-18)25-15(2)30/h6-13H,3-5H2,1-2H3,(H,25,30)(H,26,31)(H,27,32). The molecular formula is C24H23N5O4. The lowest BCUT2D eigenvalue weighted by Crippen LogP contribution is -2.12. The van der Waals surface area contributed by atoms with E-state index in [1.54, 1.807) is 30.3 Å². The topological polar surface area (TPSA) is 130 Å². The second-order valence-corrected chi connectivity index (χ2v) is 7.77. The van der Waals surface area contributed by atoms with E-state index < -0.39 is 0 Å². The van der Waals surface area contributed by atoms with Gasteiger partial charge in [0.2, 0.25) is 23.5 Å². The molecule has 4 rings (SSSR count). The summed E-state index contributed by atoms with van der Waals surface area (Å²) in [6.07, 6.45) is 1.18. The number of anilines is 2. The van der Waals surface area contributed by atoms with Crippen LogP contribution in [0.15, 0.2) is 57.8 Å². The molecule has 168 valence electrons. The summed E-state index contributed by atoms with van der Waals surface area (Å²) < 4.78 is 5.27. The van der Waals surface area contributed by atoms with Crippen LogP contribution in [0, 0.1) is 6.92 Å². The van der Waals surface area contributed by atoms with Crippen LogP contribution < -0.4 is 16.2 Å². The number of fused-ring (bicyclic) bond motifs is 1. The number of aromatic nitrogens is 3. The van der Waals surface area contributed by atoms with E-state index in [4.69, 9.17) is 4.52 Å². The van der Waals surface area contributed by atoms with E-state index in [2.05, 4.69) is 25.8 Å². The zero-order valence-electron chi connectivity index (χ0n) is 18.3. The summed E-state index contributed by atoms with van der Waals surface area (Å²) in [5.74, 6) is 0.276. The van der Waals surface area contributed by atoms with Crippen molar-refractivity contribution < 1.29 is 14.1 Å². The molecule has 0 aliphatic rings. The zero-order chi connectivity index (χ0) is 23.4. The van der Waals surface area contributed by atoms with Gasteiger partial charge in [-0.1, -0.05) is 17.3 Å². The van der Waals surface area contributed by atoms with Gasteiger partial charge in [-0.05, 0) is 60.7 Å². The average Bonchev–Trinajstić information content (AvgIpc) is 3.23. The summed E-state index contributed by atoms with van der Waals surface area (Å²) in [6, 6.07) is 14.4. The van der Waals surface area contributed by atoms with Gasteiger partial charge in [0.15, 0.2) is 0 Å². The Balaban J connectivity index is 1.33. The zero-order valence-corrected chi connectivity index (χ0v) is 18.3. The molecule has 0 aliphatic carbocycles. The number of aromatic amines is 1. The van der Waals surface area contributed by atoms with Crippen molar-refractivity contribution in [3.05, 3.63) is 70.3 Å². The predicted octanol–water partition coefficient (Wildman–Crippen LogP) is 3.81. The first-order valence-corrected chi connectivity index (χ1v) is 10.5. The van der Waals surface area contributed by atoms with Crippen molar-refractivity contribution in [2.45, 2.75) is 33.1 Å². The molecule has 2 amide bonds. The smallest absolute Gasteiger partial charge is 0.259 e. The van der Waals surface area contributed by atoms with E-state index in [1.807, 2.05) is 25.1 Å². The third kappa shape index (κ3) is 5.51. The molecule has 0 fully saturated rings. The van der Waals surface area contributed by atoms with Crippen LogP contribution in [0.2, 0.25) is 0 Å². The van der Waals surface area contributed by atoms with E-state index in [9.17, 15) is 14.4 Å². The first-order valence-electron chi connectivity index (χ1n) is 10.5. The molecule has 9 heteroatoms. The molecule has 0 saturated heterocycles. The van der Waals surface area contributed by atoms with Crippen LogP contribution in [0.5, 0.6) is 0 Å². The predicted molar refractivity (Wildman–Crippen MR) is 125 cm³/mol. The van der Waals surface area contributed by atoms with Crippen LogP contribution in [0.1, 0.15) is 31.2 Å². The van der Waals surface area contributed by atoms with Crippen molar-refractivity contribution in [3.8, 4) is 11.4 Å². The van der Waals surface area contributed by atoms with Gasteiger partial charge in [-0.15, -0.1) is 0 Å². The summed E-state index contributed by atoms with van der Waals surface area (Å²) in [5.41, 5.74) is 3.15. The summed E-state index contributed by atoms with van der Waals surface area (Å²) in [4.78, 5) is 42.9. The number of nitrogens with zero attached hydrogens (tertiary/aromatic N) is 2. The molecule has 2 aromatic carbocycles. The van der Waals surface area contributed by atoms with Crippen molar-refractivity contribution in [3.63, 3.8) is 0 Å². The fraction of sp³-hybridized carbons (Fsp3) is 0.208. The number of nitrogens with one attached hydrogen (secondary N) is 3. The Labute approximate surface area is 189 Å². The quantitative estimate of drug-likeness (QED) is 0.397. The number of rotatable bonds is 7. The Morgan fingerprint density at radius 1 is 1.03 bits per heavy atom. The van der Waals surface area contributed by atoms with Crippen molar-refractivity contribution in [2.75, 3.05) is 10.6 Å². The van der Waals surface area contributed by atoms with Gasteiger partial charge in [0.1, 0.15) is 0 Å². The van der Waals surface area contributed by atoms with E-state index in [-0.39, 0.29) is 29.6 Å². The average molecular weight is 445 g/mol. The molecule has 4 aromatic rings. The molecule has 3 N–H and O–H groups in total. The third-order valence-electron chi connectivity index (χ3n) is 4.99. The van der Waals surface area contributed by atoms with Crippen LogP contribution >= 0.6 is 0 Å². The first-order chi connectivity index (χ1) is 15.9. The highest BCUT2D eigenvalue weighted by atomic mass is 16.5. The van der Waals surface area contributed by atoms with Crippen LogP contribution in [-0.2, 0) is 16.0 Å². The summed E-state index contributed by atoms with van der Waals surface area (Å²) in [6.45, 7) is 3.39. The highest BCUT2D eigenvalue weighted by Gasteiger charge is 2.14. The second-order valence-electron chi connectivity index (χ2n) is 7.77. The maximum absolute atomic E-state index is 12.5. The fourth-order valence-corrected chi connectivity index (χ4v) is 3.41. The number of carbonyl (C=O) groups excluding carboxylic acids is 2. The summed E-state index contributed by atoms with van der Waals surface area (Å²) >= 11 is 0. The molecule has 0 spiro atoms. The highest BCUT2D eigenvalue weighted by molar-refractivity contribution is 5.92. The highest BCUT2D eigenvalue weighted by Crippen LogP contribution is 2.19.